The molecule has 0 saturated carbocycles. The molecule has 2 aliphatic heterocycles. The van der Waals surface area contributed by atoms with Crippen molar-refractivity contribution in [3.05, 3.63) is 34.9 Å². The number of nitrogens with zero attached hydrogens (tertiary/aromatic N) is 2. The van der Waals surface area contributed by atoms with Gasteiger partial charge in [-0.3, -0.25) is 4.79 Å². The number of rotatable bonds is 3. The Morgan fingerprint density at radius 3 is 2.58 bits per heavy atom. The van der Waals surface area contributed by atoms with Crippen molar-refractivity contribution in [2.75, 3.05) is 20.1 Å². The van der Waals surface area contributed by atoms with E-state index in [0.717, 1.165) is 29.5 Å². The molecule has 2 aliphatic rings. The van der Waals surface area contributed by atoms with Crippen molar-refractivity contribution in [2.24, 2.45) is 0 Å². The first kappa shape index (κ1) is 18.7. The van der Waals surface area contributed by atoms with Gasteiger partial charge >= 0.3 is 6.09 Å². The van der Waals surface area contributed by atoms with Crippen molar-refractivity contribution in [3.63, 3.8) is 0 Å². The predicted octanol–water partition coefficient (Wildman–Crippen LogP) is 3.19. The van der Waals surface area contributed by atoms with Gasteiger partial charge in [-0.05, 0) is 50.8 Å². The second kappa shape index (κ2) is 7.27. The molecule has 26 heavy (non-hydrogen) atoms. The van der Waals surface area contributed by atoms with Gasteiger partial charge in [-0.25, -0.2) is 4.79 Å². The molecule has 0 N–H and O–H groups in total. The number of benzene rings is 1. The number of hydrogen-bond donors (Lipinski definition) is 0. The number of carbonyl (C=O) groups excluding carboxylic acids is 2. The lowest BCUT2D eigenvalue weighted by molar-refractivity contribution is -0.0170. The summed E-state index contributed by atoms with van der Waals surface area (Å²) in [6, 6.07) is 5.98. The van der Waals surface area contributed by atoms with Crippen LogP contribution in [0.4, 0.5) is 4.79 Å². The molecule has 0 spiro atoms. The number of amides is 2. The summed E-state index contributed by atoms with van der Waals surface area (Å²) in [7, 11) is 1.82. The van der Waals surface area contributed by atoms with Crippen molar-refractivity contribution in [1.82, 2.24) is 9.80 Å². The lowest BCUT2D eigenvalue weighted by Crippen LogP contribution is -2.43. The summed E-state index contributed by atoms with van der Waals surface area (Å²) in [5.74, 6) is 0.0764. The molecule has 2 amide bonds. The minimum Gasteiger partial charge on any atom is -0.444 e. The molecule has 1 aromatic carbocycles. The minimum atomic E-state index is -0.469. The Bertz CT molecular complexity index is 688. The van der Waals surface area contributed by atoms with Gasteiger partial charge in [-0.15, -0.1) is 0 Å². The Morgan fingerprint density at radius 1 is 1.23 bits per heavy atom. The van der Waals surface area contributed by atoms with Crippen LogP contribution in [0.3, 0.4) is 0 Å². The maximum Gasteiger partial charge on any atom is 0.410 e. The zero-order valence-corrected chi connectivity index (χ0v) is 16.1. The number of hydrogen-bond acceptors (Lipinski definition) is 4. The van der Waals surface area contributed by atoms with Crippen LogP contribution >= 0.6 is 0 Å². The Hall–Kier alpha value is -2.08. The number of piperidine rings is 1. The van der Waals surface area contributed by atoms with Crippen molar-refractivity contribution in [1.29, 1.82) is 0 Å². The molecule has 0 aromatic heterocycles. The van der Waals surface area contributed by atoms with E-state index in [1.54, 1.807) is 9.80 Å². The number of ether oxygens (including phenoxy) is 2. The Morgan fingerprint density at radius 2 is 1.92 bits per heavy atom. The molecule has 142 valence electrons. The van der Waals surface area contributed by atoms with Crippen LogP contribution in [0.2, 0.25) is 0 Å². The summed E-state index contributed by atoms with van der Waals surface area (Å²) in [6.45, 7) is 8.08. The third kappa shape index (κ3) is 4.36. The Kier molecular flexibility index (Phi) is 5.23. The molecule has 6 heteroatoms. The SMILES string of the molecule is CN1Cc2ccc(COC3CCN(C(=O)OC(C)(C)C)CC3)cc2C1=O. The maximum absolute atomic E-state index is 12.1. The summed E-state index contributed by atoms with van der Waals surface area (Å²) in [6.07, 6.45) is 1.47. The molecule has 0 atom stereocenters. The lowest BCUT2D eigenvalue weighted by atomic mass is 10.1. The first-order chi connectivity index (χ1) is 12.2. The first-order valence-electron chi connectivity index (χ1n) is 9.20. The van der Waals surface area contributed by atoms with Crippen molar-refractivity contribution in [2.45, 2.75) is 58.5 Å². The van der Waals surface area contributed by atoms with Crippen LogP contribution < -0.4 is 0 Å². The highest BCUT2D eigenvalue weighted by Crippen LogP contribution is 2.24. The lowest BCUT2D eigenvalue weighted by Gasteiger charge is -2.33. The topological polar surface area (TPSA) is 59.1 Å². The van der Waals surface area contributed by atoms with Gasteiger partial charge in [0.2, 0.25) is 0 Å². The van der Waals surface area contributed by atoms with Gasteiger partial charge in [0.05, 0.1) is 12.7 Å². The summed E-state index contributed by atoms with van der Waals surface area (Å²) in [5, 5.41) is 0. The molecular formula is C20H28N2O4. The van der Waals surface area contributed by atoms with Gasteiger partial charge < -0.3 is 19.3 Å². The highest BCUT2D eigenvalue weighted by atomic mass is 16.6. The average Bonchev–Trinajstić information content (AvgIpc) is 2.86. The van der Waals surface area contributed by atoms with Gasteiger partial charge in [-0.1, -0.05) is 12.1 Å². The molecule has 0 bridgehead atoms. The van der Waals surface area contributed by atoms with Crippen LogP contribution in [0.1, 0.15) is 55.1 Å². The standard InChI is InChI=1S/C20H28N2O4/c1-20(2,3)26-19(24)22-9-7-16(8-10-22)25-13-14-5-6-15-12-21(4)18(23)17(15)11-14/h5-6,11,16H,7-10,12-13H2,1-4H3. The van der Waals surface area contributed by atoms with E-state index in [1.807, 2.05) is 46.0 Å². The normalized spacial score (nSPS) is 18.2. The predicted molar refractivity (Wildman–Crippen MR) is 97.9 cm³/mol. The molecule has 0 aliphatic carbocycles. The van der Waals surface area contributed by atoms with E-state index in [0.29, 0.717) is 26.2 Å². The van der Waals surface area contributed by atoms with Gasteiger partial charge in [0.25, 0.3) is 5.91 Å². The van der Waals surface area contributed by atoms with Crippen molar-refractivity contribution < 1.29 is 19.1 Å². The number of likely N-dealkylation sites (tertiary alicyclic amines) is 1. The zero-order valence-electron chi connectivity index (χ0n) is 16.1. The summed E-state index contributed by atoms with van der Waals surface area (Å²) < 4.78 is 11.4. The minimum absolute atomic E-state index is 0.0764. The van der Waals surface area contributed by atoms with E-state index >= 15 is 0 Å². The summed E-state index contributed by atoms with van der Waals surface area (Å²) >= 11 is 0. The molecule has 0 radical (unpaired) electrons. The Labute approximate surface area is 155 Å². The maximum atomic E-state index is 12.1. The monoisotopic (exact) mass is 360 g/mol. The number of carbonyl (C=O) groups is 2. The van der Waals surface area contributed by atoms with Gasteiger partial charge in [0.1, 0.15) is 5.60 Å². The summed E-state index contributed by atoms with van der Waals surface area (Å²) in [5.41, 5.74) is 2.41. The second-order valence-electron chi connectivity index (χ2n) is 8.13. The smallest absolute Gasteiger partial charge is 0.410 e. The molecule has 2 heterocycles. The van der Waals surface area contributed by atoms with E-state index in [2.05, 4.69) is 0 Å². The van der Waals surface area contributed by atoms with E-state index in [9.17, 15) is 9.59 Å². The van der Waals surface area contributed by atoms with Crippen LogP contribution in [0.25, 0.3) is 0 Å². The Balaban J connectivity index is 1.48. The van der Waals surface area contributed by atoms with E-state index < -0.39 is 5.60 Å². The third-order valence-electron chi connectivity index (χ3n) is 4.74. The van der Waals surface area contributed by atoms with Crippen LogP contribution in [0, 0.1) is 0 Å². The van der Waals surface area contributed by atoms with E-state index in [1.165, 1.54) is 0 Å². The highest BCUT2D eigenvalue weighted by Gasteiger charge is 2.28. The molecule has 6 nitrogen and oxygen atoms in total. The second-order valence-corrected chi connectivity index (χ2v) is 8.13. The van der Waals surface area contributed by atoms with Gasteiger partial charge in [0.15, 0.2) is 0 Å². The summed E-state index contributed by atoms with van der Waals surface area (Å²) in [4.78, 5) is 27.7. The molecule has 1 saturated heterocycles. The van der Waals surface area contributed by atoms with Crippen LogP contribution in [-0.2, 0) is 22.6 Å². The average molecular weight is 360 g/mol. The first-order valence-corrected chi connectivity index (χ1v) is 9.20. The van der Waals surface area contributed by atoms with E-state index in [4.69, 9.17) is 9.47 Å². The highest BCUT2D eigenvalue weighted by molar-refractivity contribution is 5.98. The van der Waals surface area contributed by atoms with Crippen LogP contribution in [-0.4, -0.2) is 53.6 Å². The number of fused-ring (bicyclic) bond motifs is 1. The van der Waals surface area contributed by atoms with Gasteiger partial charge in [0, 0.05) is 32.2 Å². The quantitative estimate of drug-likeness (QED) is 0.831. The van der Waals surface area contributed by atoms with Crippen molar-refractivity contribution in [3.8, 4) is 0 Å². The molecule has 1 fully saturated rings. The zero-order chi connectivity index (χ0) is 18.9. The van der Waals surface area contributed by atoms with E-state index in [-0.39, 0.29) is 18.1 Å². The molecular weight excluding hydrogens is 332 g/mol. The van der Waals surface area contributed by atoms with Gasteiger partial charge in [-0.2, -0.15) is 0 Å². The molecule has 1 aromatic rings. The fraction of sp³-hybridized carbons (Fsp3) is 0.600. The van der Waals surface area contributed by atoms with Crippen molar-refractivity contribution >= 4 is 12.0 Å². The fourth-order valence-electron chi connectivity index (χ4n) is 3.33. The van der Waals surface area contributed by atoms with Crippen LogP contribution in [0.5, 0.6) is 0 Å². The fourth-order valence-corrected chi connectivity index (χ4v) is 3.33. The molecule has 3 rings (SSSR count). The molecule has 0 unspecified atom stereocenters. The third-order valence-corrected chi connectivity index (χ3v) is 4.74. The van der Waals surface area contributed by atoms with Crippen LogP contribution in [0.15, 0.2) is 18.2 Å². The largest absolute Gasteiger partial charge is 0.444 e.